The molecule has 0 aliphatic rings. The van der Waals surface area contributed by atoms with Gasteiger partial charge in [0.15, 0.2) is 0 Å². The van der Waals surface area contributed by atoms with Crippen molar-refractivity contribution in [3.05, 3.63) is 24.3 Å². The fraction of sp³-hybridized carbons (Fsp3) is 0.914. The average Bonchev–Trinajstić information content (AvgIpc) is 3.28. The van der Waals surface area contributed by atoms with Gasteiger partial charge in [0.1, 0.15) is 0 Å². The van der Waals surface area contributed by atoms with Crippen molar-refractivity contribution in [1.82, 2.24) is 5.32 Å². The summed E-state index contributed by atoms with van der Waals surface area (Å²) >= 11 is 0. The number of allylic oxidation sites excluding steroid dienone is 4. The number of hydrogen-bond acceptors (Lipinski definition) is 3. The van der Waals surface area contributed by atoms with Crippen LogP contribution >= 0.6 is 0 Å². The monoisotopic (exact) mass is 872 g/mol. The lowest BCUT2D eigenvalue weighted by Crippen LogP contribution is -2.45. The standard InChI is InChI=1S/C58H113NO3/c1-3-5-7-9-11-13-15-17-19-21-23-25-27-28-29-30-32-33-35-37-39-41-43-45-47-49-51-53-57(61)56(55-60)59-58(62)54-52-50-48-46-44-42-40-38-36-34-31-26-24-22-20-18-16-14-12-10-8-6-4-2/h16,18,22,24,56-57,60-61H,3-15,17,19-21,23,25-55H2,1-2H3,(H,59,62)/b18-16-,24-22-. The van der Waals surface area contributed by atoms with E-state index in [0.29, 0.717) is 12.8 Å². The first-order valence-electron chi connectivity index (χ1n) is 28.5. The number of amides is 1. The predicted molar refractivity (Wildman–Crippen MR) is 276 cm³/mol. The van der Waals surface area contributed by atoms with Gasteiger partial charge in [0, 0.05) is 6.42 Å². The predicted octanol–water partition coefficient (Wildman–Crippen LogP) is 18.7. The van der Waals surface area contributed by atoms with E-state index in [2.05, 4.69) is 43.5 Å². The molecule has 3 N–H and O–H groups in total. The maximum atomic E-state index is 12.5. The molecule has 0 aliphatic heterocycles. The molecule has 4 nitrogen and oxygen atoms in total. The highest BCUT2D eigenvalue weighted by atomic mass is 16.3. The highest BCUT2D eigenvalue weighted by Gasteiger charge is 2.20. The van der Waals surface area contributed by atoms with Crippen molar-refractivity contribution in [3.63, 3.8) is 0 Å². The zero-order valence-corrected chi connectivity index (χ0v) is 42.4. The largest absolute Gasteiger partial charge is 0.394 e. The van der Waals surface area contributed by atoms with Crippen LogP contribution in [0.25, 0.3) is 0 Å². The van der Waals surface area contributed by atoms with Crippen LogP contribution in [-0.2, 0) is 4.79 Å². The second-order valence-electron chi connectivity index (χ2n) is 19.7. The van der Waals surface area contributed by atoms with Gasteiger partial charge in [-0.25, -0.2) is 0 Å². The molecular formula is C58H113NO3. The number of hydrogen-bond donors (Lipinski definition) is 3. The molecule has 0 radical (unpaired) electrons. The minimum atomic E-state index is -0.660. The van der Waals surface area contributed by atoms with Crippen LogP contribution in [0.5, 0.6) is 0 Å². The number of carbonyl (C=O) groups excluding carboxylic acids is 1. The summed E-state index contributed by atoms with van der Waals surface area (Å²) in [6, 6.07) is -0.537. The quantitative estimate of drug-likeness (QED) is 0.0421. The Morgan fingerprint density at radius 1 is 0.387 bits per heavy atom. The molecule has 0 bridgehead atoms. The fourth-order valence-corrected chi connectivity index (χ4v) is 9.10. The van der Waals surface area contributed by atoms with Crippen molar-refractivity contribution in [2.45, 2.75) is 334 Å². The van der Waals surface area contributed by atoms with Gasteiger partial charge in [-0.3, -0.25) is 4.79 Å². The molecule has 0 saturated carbocycles. The number of carbonyl (C=O) groups is 1. The maximum Gasteiger partial charge on any atom is 0.220 e. The Kier molecular flexibility index (Phi) is 53.2. The van der Waals surface area contributed by atoms with Gasteiger partial charge in [0.2, 0.25) is 5.91 Å². The molecule has 0 aromatic carbocycles. The number of nitrogens with one attached hydrogen (secondary N) is 1. The summed E-state index contributed by atoms with van der Waals surface area (Å²) in [6.07, 6.45) is 71.7. The van der Waals surface area contributed by atoms with Crippen LogP contribution in [-0.4, -0.2) is 34.9 Å². The zero-order valence-electron chi connectivity index (χ0n) is 42.4. The Morgan fingerprint density at radius 3 is 0.968 bits per heavy atom. The van der Waals surface area contributed by atoms with Crippen LogP contribution < -0.4 is 5.32 Å². The van der Waals surface area contributed by atoms with Crippen molar-refractivity contribution in [1.29, 1.82) is 0 Å². The minimum Gasteiger partial charge on any atom is -0.394 e. The van der Waals surface area contributed by atoms with Gasteiger partial charge >= 0.3 is 0 Å². The molecule has 2 unspecified atom stereocenters. The molecule has 0 rings (SSSR count). The van der Waals surface area contributed by atoms with E-state index in [0.717, 1.165) is 32.1 Å². The second-order valence-corrected chi connectivity index (χ2v) is 19.7. The molecule has 62 heavy (non-hydrogen) atoms. The molecule has 368 valence electrons. The number of aliphatic hydroxyl groups is 2. The minimum absolute atomic E-state index is 0.0286. The molecule has 2 atom stereocenters. The molecule has 0 aromatic rings. The highest BCUT2D eigenvalue weighted by Crippen LogP contribution is 2.18. The van der Waals surface area contributed by atoms with Crippen LogP contribution in [0.15, 0.2) is 24.3 Å². The van der Waals surface area contributed by atoms with Gasteiger partial charge in [0.05, 0.1) is 18.8 Å². The van der Waals surface area contributed by atoms with Gasteiger partial charge in [-0.15, -0.1) is 0 Å². The lowest BCUT2D eigenvalue weighted by Gasteiger charge is -2.22. The van der Waals surface area contributed by atoms with Gasteiger partial charge in [0.25, 0.3) is 0 Å². The van der Waals surface area contributed by atoms with Gasteiger partial charge in [-0.2, -0.15) is 0 Å². The van der Waals surface area contributed by atoms with Crippen molar-refractivity contribution in [3.8, 4) is 0 Å². The van der Waals surface area contributed by atoms with E-state index in [1.54, 1.807) is 0 Å². The van der Waals surface area contributed by atoms with E-state index < -0.39 is 12.1 Å². The summed E-state index contributed by atoms with van der Waals surface area (Å²) in [6.45, 7) is 4.38. The first kappa shape index (κ1) is 60.9. The van der Waals surface area contributed by atoms with E-state index >= 15 is 0 Å². The maximum absolute atomic E-state index is 12.5. The highest BCUT2D eigenvalue weighted by molar-refractivity contribution is 5.76. The fourth-order valence-electron chi connectivity index (χ4n) is 9.10. The van der Waals surface area contributed by atoms with Crippen molar-refractivity contribution in [2.24, 2.45) is 0 Å². The summed E-state index contributed by atoms with van der Waals surface area (Å²) in [5.74, 6) is -0.0286. The third-order valence-electron chi connectivity index (χ3n) is 13.5. The van der Waals surface area contributed by atoms with E-state index in [9.17, 15) is 15.0 Å². The summed E-state index contributed by atoms with van der Waals surface area (Å²) in [4.78, 5) is 12.5. The third-order valence-corrected chi connectivity index (χ3v) is 13.5. The van der Waals surface area contributed by atoms with Crippen molar-refractivity contribution >= 4 is 5.91 Å². The molecule has 0 aromatic heterocycles. The van der Waals surface area contributed by atoms with Crippen molar-refractivity contribution < 1.29 is 15.0 Å². The Hall–Kier alpha value is -1.13. The van der Waals surface area contributed by atoms with E-state index in [1.807, 2.05) is 0 Å². The van der Waals surface area contributed by atoms with E-state index in [1.165, 1.54) is 263 Å². The summed E-state index contributed by atoms with van der Waals surface area (Å²) in [5.41, 5.74) is 0. The van der Waals surface area contributed by atoms with Crippen LogP contribution in [0.3, 0.4) is 0 Å². The van der Waals surface area contributed by atoms with Gasteiger partial charge in [-0.05, 0) is 44.9 Å². The Bertz CT molecular complexity index is 901. The van der Waals surface area contributed by atoms with E-state index in [-0.39, 0.29) is 12.5 Å². The smallest absolute Gasteiger partial charge is 0.220 e. The lowest BCUT2D eigenvalue weighted by molar-refractivity contribution is -0.123. The Morgan fingerprint density at radius 2 is 0.661 bits per heavy atom. The SMILES string of the molecule is CCCCCCC/C=C\C/C=C\CCCCCCCCCCCCCC(=O)NC(CO)C(O)CCCCCCCCCCCCCCCCCCCCCCCCCCCCC. The summed E-state index contributed by atoms with van der Waals surface area (Å²) in [7, 11) is 0. The molecular weight excluding hydrogens is 759 g/mol. The topological polar surface area (TPSA) is 69.6 Å². The summed E-state index contributed by atoms with van der Waals surface area (Å²) in [5, 5.41) is 23.4. The average molecular weight is 873 g/mol. The van der Waals surface area contributed by atoms with Crippen LogP contribution in [0.4, 0.5) is 0 Å². The second kappa shape index (κ2) is 54.2. The molecule has 0 saturated heterocycles. The number of aliphatic hydroxyl groups excluding tert-OH is 2. The molecule has 0 spiro atoms. The van der Waals surface area contributed by atoms with Crippen molar-refractivity contribution in [2.75, 3.05) is 6.61 Å². The van der Waals surface area contributed by atoms with Crippen LogP contribution in [0, 0.1) is 0 Å². The van der Waals surface area contributed by atoms with Crippen LogP contribution in [0.1, 0.15) is 322 Å². The van der Waals surface area contributed by atoms with Gasteiger partial charge < -0.3 is 15.5 Å². The first-order valence-corrected chi connectivity index (χ1v) is 28.5. The normalized spacial score (nSPS) is 12.9. The Labute approximate surface area is 389 Å². The molecule has 4 heteroatoms. The van der Waals surface area contributed by atoms with Crippen LogP contribution in [0.2, 0.25) is 0 Å². The first-order chi connectivity index (χ1) is 30.7. The molecule has 0 fully saturated rings. The summed E-state index contributed by atoms with van der Waals surface area (Å²) < 4.78 is 0. The number of rotatable bonds is 53. The van der Waals surface area contributed by atoms with Gasteiger partial charge in [-0.1, -0.05) is 295 Å². The number of unbranched alkanes of at least 4 members (excludes halogenated alkanes) is 42. The zero-order chi connectivity index (χ0) is 44.9. The van der Waals surface area contributed by atoms with E-state index in [4.69, 9.17) is 0 Å². The molecule has 1 amide bonds. The molecule has 0 heterocycles. The lowest BCUT2D eigenvalue weighted by atomic mass is 10.0. The molecule has 0 aliphatic carbocycles. The Balaban J connectivity index is 3.43. The third kappa shape index (κ3) is 49.9.